The zero-order valence-electron chi connectivity index (χ0n) is 16.4. The van der Waals surface area contributed by atoms with Gasteiger partial charge in [-0.15, -0.1) is 0 Å². The second-order valence-electron chi connectivity index (χ2n) is 9.89. The molecule has 0 spiro atoms. The SMILES string of the molecule is CC(=O)[C@H]1CC[C@H]2[C@@H]3CCC4=C(C(F)(F)F)C(=O)CC[C@]4(C)[C@H]3CC[C@]12C. The van der Waals surface area contributed by atoms with E-state index in [9.17, 15) is 22.8 Å². The lowest BCUT2D eigenvalue weighted by Crippen LogP contribution is -2.52. The first-order chi connectivity index (χ1) is 12.5. The van der Waals surface area contributed by atoms with Gasteiger partial charge in [0.2, 0.25) is 0 Å². The number of halogens is 3. The summed E-state index contributed by atoms with van der Waals surface area (Å²) in [7, 11) is 0. The standard InChI is InChI=1S/C22H29F3O2/c1-12(26)14-6-7-15-13-4-5-17-19(22(23,24)25)18(27)9-11-21(17,3)16(13)8-10-20(14,15)2/h13-16H,4-11H2,1-3H3/t13-,14+,15-,16-,20+,21+/m0/s1. The first-order valence-corrected chi connectivity index (χ1v) is 10.3. The van der Waals surface area contributed by atoms with Crippen LogP contribution in [0.25, 0.3) is 0 Å². The van der Waals surface area contributed by atoms with Gasteiger partial charge in [-0.2, -0.15) is 13.2 Å². The molecule has 0 amide bonds. The average molecular weight is 382 g/mol. The van der Waals surface area contributed by atoms with E-state index in [4.69, 9.17) is 0 Å². The first kappa shape index (κ1) is 19.2. The fourth-order valence-corrected chi connectivity index (χ4v) is 7.71. The Morgan fingerprint density at radius 3 is 2.33 bits per heavy atom. The summed E-state index contributed by atoms with van der Waals surface area (Å²) in [6.07, 6.45) is 0.854. The number of carbonyl (C=O) groups is 2. The van der Waals surface area contributed by atoms with Crippen LogP contribution in [0, 0.1) is 34.5 Å². The molecule has 0 aromatic rings. The molecule has 4 rings (SSSR count). The molecule has 27 heavy (non-hydrogen) atoms. The van der Waals surface area contributed by atoms with Crippen molar-refractivity contribution in [3.63, 3.8) is 0 Å². The molecule has 5 heteroatoms. The molecule has 2 nitrogen and oxygen atoms in total. The van der Waals surface area contributed by atoms with Gasteiger partial charge in [0.15, 0.2) is 5.78 Å². The van der Waals surface area contributed by atoms with Crippen LogP contribution < -0.4 is 0 Å². The second-order valence-corrected chi connectivity index (χ2v) is 9.89. The maximum Gasteiger partial charge on any atom is 0.419 e. The zero-order valence-corrected chi connectivity index (χ0v) is 16.4. The summed E-state index contributed by atoms with van der Waals surface area (Å²) in [6.45, 7) is 5.92. The topological polar surface area (TPSA) is 34.1 Å². The molecule has 0 aliphatic heterocycles. The highest BCUT2D eigenvalue weighted by molar-refractivity contribution is 5.98. The first-order valence-electron chi connectivity index (χ1n) is 10.3. The lowest BCUT2D eigenvalue weighted by Gasteiger charge is -2.58. The van der Waals surface area contributed by atoms with Gasteiger partial charge < -0.3 is 0 Å². The highest BCUT2D eigenvalue weighted by atomic mass is 19.4. The van der Waals surface area contributed by atoms with Crippen LogP contribution in [-0.4, -0.2) is 17.7 Å². The summed E-state index contributed by atoms with van der Waals surface area (Å²) >= 11 is 0. The number of alkyl halides is 3. The van der Waals surface area contributed by atoms with Crippen molar-refractivity contribution in [2.75, 3.05) is 0 Å². The van der Waals surface area contributed by atoms with Gasteiger partial charge in [-0.1, -0.05) is 13.8 Å². The van der Waals surface area contributed by atoms with Gasteiger partial charge in [0.05, 0.1) is 5.57 Å². The lowest BCUT2D eigenvalue weighted by molar-refractivity contribution is -0.136. The minimum absolute atomic E-state index is 0.00191. The molecule has 0 radical (unpaired) electrons. The van der Waals surface area contributed by atoms with Crippen LogP contribution in [0.15, 0.2) is 11.1 Å². The summed E-state index contributed by atoms with van der Waals surface area (Å²) < 4.78 is 41.0. The van der Waals surface area contributed by atoms with Crippen LogP contribution in [0.5, 0.6) is 0 Å². The van der Waals surface area contributed by atoms with Crippen molar-refractivity contribution in [3.05, 3.63) is 11.1 Å². The number of Topliss-reactive ketones (excluding diaryl/α,β-unsaturated/α-hetero) is 2. The maximum absolute atomic E-state index is 13.7. The van der Waals surface area contributed by atoms with Crippen LogP contribution in [0.2, 0.25) is 0 Å². The summed E-state index contributed by atoms with van der Waals surface area (Å²) in [6, 6.07) is 0. The van der Waals surface area contributed by atoms with Crippen LogP contribution in [-0.2, 0) is 9.59 Å². The van der Waals surface area contributed by atoms with Crippen molar-refractivity contribution < 1.29 is 22.8 Å². The third-order valence-corrected chi connectivity index (χ3v) is 8.90. The van der Waals surface area contributed by atoms with Crippen LogP contribution >= 0.6 is 0 Å². The molecule has 0 unspecified atom stereocenters. The summed E-state index contributed by atoms with van der Waals surface area (Å²) in [4.78, 5) is 24.3. The third kappa shape index (κ3) is 2.59. The van der Waals surface area contributed by atoms with Crippen molar-refractivity contribution in [1.29, 1.82) is 0 Å². The van der Waals surface area contributed by atoms with E-state index in [1.165, 1.54) is 0 Å². The molecular formula is C22H29F3O2. The van der Waals surface area contributed by atoms with E-state index in [-0.39, 0.29) is 29.5 Å². The quantitative estimate of drug-likeness (QED) is 0.587. The zero-order chi connectivity index (χ0) is 19.8. The number of rotatable bonds is 1. The number of hydrogen-bond acceptors (Lipinski definition) is 2. The van der Waals surface area contributed by atoms with Gasteiger partial charge in [0.1, 0.15) is 5.78 Å². The van der Waals surface area contributed by atoms with Crippen molar-refractivity contribution in [1.82, 2.24) is 0 Å². The predicted molar refractivity (Wildman–Crippen MR) is 95.9 cm³/mol. The minimum atomic E-state index is -4.54. The number of fused-ring (bicyclic) bond motifs is 5. The highest BCUT2D eigenvalue weighted by Crippen LogP contribution is 2.67. The molecule has 0 aromatic carbocycles. The van der Waals surface area contributed by atoms with Gasteiger partial charge >= 0.3 is 6.18 Å². The van der Waals surface area contributed by atoms with Crippen molar-refractivity contribution in [2.45, 2.75) is 78.3 Å². The summed E-state index contributed by atoms with van der Waals surface area (Å²) in [5.41, 5.74) is -0.965. The molecule has 0 saturated heterocycles. The molecule has 3 saturated carbocycles. The fraction of sp³-hybridized carbons (Fsp3) is 0.818. The van der Waals surface area contributed by atoms with Crippen LogP contribution in [0.4, 0.5) is 13.2 Å². The van der Waals surface area contributed by atoms with E-state index in [0.717, 1.165) is 32.1 Å². The Kier molecular flexibility index (Phi) is 4.22. The Bertz CT molecular complexity index is 722. The van der Waals surface area contributed by atoms with Crippen molar-refractivity contribution >= 4 is 11.6 Å². The average Bonchev–Trinajstić information content (AvgIpc) is 2.91. The molecule has 4 aliphatic carbocycles. The predicted octanol–water partition coefficient (Wildman–Crippen LogP) is 5.66. The smallest absolute Gasteiger partial charge is 0.300 e. The van der Waals surface area contributed by atoms with Gasteiger partial charge in [0, 0.05) is 12.3 Å². The largest absolute Gasteiger partial charge is 0.419 e. The van der Waals surface area contributed by atoms with E-state index in [0.29, 0.717) is 30.3 Å². The highest BCUT2D eigenvalue weighted by Gasteiger charge is 2.61. The van der Waals surface area contributed by atoms with Gasteiger partial charge in [0.25, 0.3) is 0 Å². The Balaban J connectivity index is 1.73. The van der Waals surface area contributed by atoms with Crippen molar-refractivity contribution in [2.24, 2.45) is 34.5 Å². The molecule has 0 N–H and O–H groups in total. The van der Waals surface area contributed by atoms with E-state index < -0.39 is 22.9 Å². The third-order valence-electron chi connectivity index (χ3n) is 8.90. The number of allylic oxidation sites excluding steroid dienone is 1. The molecule has 3 fully saturated rings. The molecule has 6 atom stereocenters. The molecule has 0 heterocycles. The molecule has 150 valence electrons. The molecule has 0 bridgehead atoms. The monoisotopic (exact) mass is 382 g/mol. The Morgan fingerprint density at radius 1 is 1.00 bits per heavy atom. The van der Waals surface area contributed by atoms with E-state index >= 15 is 0 Å². The number of ketones is 2. The van der Waals surface area contributed by atoms with E-state index in [1.807, 2.05) is 6.92 Å². The molecular weight excluding hydrogens is 353 g/mol. The van der Waals surface area contributed by atoms with Crippen LogP contribution in [0.1, 0.15) is 72.1 Å². The van der Waals surface area contributed by atoms with E-state index in [2.05, 4.69) is 6.92 Å². The van der Waals surface area contributed by atoms with Crippen LogP contribution in [0.3, 0.4) is 0 Å². The minimum Gasteiger partial charge on any atom is -0.300 e. The number of carbonyl (C=O) groups excluding carboxylic acids is 2. The molecule has 0 aromatic heterocycles. The second kappa shape index (κ2) is 5.93. The lowest BCUT2D eigenvalue weighted by atomic mass is 9.46. The van der Waals surface area contributed by atoms with E-state index in [1.54, 1.807) is 6.92 Å². The van der Waals surface area contributed by atoms with Gasteiger partial charge in [-0.05, 0) is 86.0 Å². The summed E-state index contributed by atoms with van der Waals surface area (Å²) in [5.74, 6) is 0.664. The Hall–Kier alpha value is -1.13. The van der Waals surface area contributed by atoms with Crippen molar-refractivity contribution in [3.8, 4) is 0 Å². The van der Waals surface area contributed by atoms with Gasteiger partial charge in [-0.25, -0.2) is 0 Å². The fourth-order valence-electron chi connectivity index (χ4n) is 7.71. The number of hydrogen-bond donors (Lipinski definition) is 0. The normalized spacial score (nSPS) is 44.6. The maximum atomic E-state index is 13.7. The van der Waals surface area contributed by atoms with Gasteiger partial charge in [-0.3, -0.25) is 9.59 Å². The Labute approximate surface area is 159 Å². The summed E-state index contributed by atoms with van der Waals surface area (Å²) in [5, 5.41) is 0. The Morgan fingerprint density at radius 2 is 1.70 bits per heavy atom. The molecule has 4 aliphatic rings.